The second-order valence-corrected chi connectivity index (χ2v) is 5.25. The molecule has 1 fully saturated rings. The Labute approximate surface area is 115 Å². The van der Waals surface area contributed by atoms with Crippen LogP contribution in [0.4, 0.5) is 0 Å². The molecule has 104 valence electrons. The summed E-state index contributed by atoms with van der Waals surface area (Å²) >= 11 is 0. The summed E-state index contributed by atoms with van der Waals surface area (Å²) < 4.78 is 5.64. The average Bonchev–Trinajstić information content (AvgIpc) is 2.47. The van der Waals surface area contributed by atoms with E-state index in [2.05, 4.69) is 18.0 Å². The molecule has 1 atom stereocenters. The first-order chi connectivity index (χ1) is 9.28. The van der Waals surface area contributed by atoms with Crippen LogP contribution in [0.15, 0.2) is 18.3 Å². The molecule has 0 aliphatic carbocycles. The zero-order chi connectivity index (χ0) is 13.5. The van der Waals surface area contributed by atoms with Crippen LogP contribution in [0, 0.1) is 0 Å². The lowest BCUT2D eigenvalue weighted by molar-refractivity contribution is -0.119. The smallest absolute Gasteiger partial charge is 0.138 e. The van der Waals surface area contributed by atoms with E-state index in [-0.39, 0.29) is 5.78 Å². The van der Waals surface area contributed by atoms with E-state index in [4.69, 9.17) is 4.74 Å². The molecule has 0 saturated carbocycles. The number of Topliss-reactive ketones (excluding diaryl/α,β-unsaturated/α-hetero) is 1. The molecule has 1 aliphatic rings. The van der Waals surface area contributed by atoms with Gasteiger partial charge < -0.3 is 4.74 Å². The normalized spacial score (nSPS) is 19.3. The van der Waals surface area contributed by atoms with Gasteiger partial charge in [-0.25, -0.2) is 0 Å². The van der Waals surface area contributed by atoms with Gasteiger partial charge in [0.15, 0.2) is 0 Å². The minimum absolute atomic E-state index is 0.269. The first kappa shape index (κ1) is 14.2. The molecule has 0 spiro atoms. The molecule has 0 amide bonds. The monoisotopic (exact) mass is 261 g/mol. The number of nitrogens with zero attached hydrogens (tertiary/aromatic N) is 1. The largest absolute Gasteiger partial charge is 0.378 e. The number of rotatable bonds is 6. The number of ether oxygens (including phenoxy) is 1. The number of carbonyl (C=O) groups excluding carboxylic acids is 1. The maximum Gasteiger partial charge on any atom is 0.138 e. The van der Waals surface area contributed by atoms with Gasteiger partial charge >= 0.3 is 0 Å². The third-order valence-corrected chi connectivity index (χ3v) is 3.69. The molecule has 0 aromatic carbocycles. The van der Waals surface area contributed by atoms with Gasteiger partial charge in [-0.15, -0.1) is 0 Å². The van der Waals surface area contributed by atoms with Crippen molar-refractivity contribution in [3.63, 3.8) is 0 Å². The number of carbonyl (C=O) groups is 1. The van der Waals surface area contributed by atoms with Gasteiger partial charge in [-0.3, -0.25) is 9.78 Å². The highest BCUT2D eigenvalue weighted by molar-refractivity contribution is 5.80. The number of aryl methyl sites for hydroxylation is 1. The Balaban J connectivity index is 1.73. The van der Waals surface area contributed by atoms with E-state index in [1.54, 1.807) is 0 Å². The third-order valence-electron chi connectivity index (χ3n) is 3.69. The van der Waals surface area contributed by atoms with E-state index >= 15 is 0 Å². The van der Waals surface area contributed by atoms with Gasteiger partial charge in [0, 0.05) is 31.3 Å². The average molecular weight is 261 g/mol. The van der Waals surface area contributed by atoms with Crippen LogP contribution in [-0.4, -0.2) is 23.5 Å². The third kappa shape index (κ3) is 4.75. The molecule has 1 saturated heterocycles. The molecule has 1 unspecified atom stereocenters. The van der Waals surface area contributed by atoms with Gasteiger partial charge in [0.25, 0.3) is 0 Å². The van der Waals surface area contributed by atoms with E-state index in [1.165, 1.54) is 12.0 Å². The molecule has 1 aliphatic heterocycles. The molecule has 0 N–H and O–H groups in total. The van der Waals surface area contributed by atoms with Crippen LogP contribution in [0.2, 0.25) is 0 Å². The van der Waals surface area contributed by atoms with Gasteiger partial charge in [-0.05, 0) is 43.7 Å². The van der Waals surface area contributed by atoms with Crippen molar-refractivity contribution in [2.75, 3.05) is 6.61 Å². The summed E-state index contributed by atoms with van der Waals surface area (Å²) in [6.07, 6.45) is 8.60. The van der Waals surface area contributed by atoms with E-state index in [0.29, 0.717) is 18.9 Å². The standard InChI is InChI=1S/C16H23NO2/c1-2-13-6-7-14(17-12-13)11-15(18)8-9-16-5-3-4-10-19-16/h6-7,12,16H,2-5,8-11H2,1H3. The summed E-state index contributed by atoms with van der Waals surface area (Å²) in [4.78, 5) is 16.2. The summed E-state index contributed by atoms with van der Waals surface area (Å²) in [5, 5.41) is 0. The molecule has 19 heavy (non-hydrogen) atoms. The topological polar surface area (TPSA) is 39.2 Å². The Morgan fingerprint density at radius 2 is 2.32 bits per heavy atom. The van der Waals surface area contributed by atoms with Crippen molar-refractivity contribution in [3.8, 4) is 0 Å². The Kier molecular flexibility index (Phi) is 5.52. The Morgan fingerprint density at radius 3 is 2.95 bits per heavy atom. The summed E-state index contributed by atoms with van der Waals surface area (Å²) in [7, 11) is 0. The Bertz CT molecular complexity index is 394. The summed E-state index contributed by atoms with van der Waals surface area (Å²) in [6, 6.07) is 4.02. The van der Waals surface area contributed by atoms with Gasteiger partial charge in [0.05, 0.1) is 6.10 Å². The lowest BCUT2D eigenvalue weighted by atomic mass is 10.0. The van der Waals surface area contributed by atoms with Crippen molar-refractivity contribution in [1.82, 2.24) is 4.98 Å². The van der Waals surface area contributed by atoms with Crippen LogP contribution in [0.1, 0.15) is 50.3 Å². The maximum atomic E-state index is 11.9. The van der Waals surface area contributed by atoms with Crippen molar-refractivity contribution >= 4 is 5.78 Å². The van der Waals surface area contributed by atoms with Gasteiger partial charge in [-0.1, -0.05) is 13.0 Å². The van der Waals surface area contributed by atoms with E-state index in [1.807, 2.05) is 12.3 Å². The fourth-order valence-corrected chi connectivity index (χ4v) is 2.42. The van der Waals surface area contributed by atoms with Crippen molar-refractivity contribution in [1.29, 1.82) is 0 Å². The maximum absolute atomic E-state index is 11.9. The van der Waals surface area contributed by atoms with Crippen LogP contribution >= 0.6 is 0 Å². The number of ketones is 1. The van der Waals surface area contributed by atoms with Crippen molar-refractivity contribution in [3.05, 3.63) is 29.6 Å². The second kappa shape index (κ2) is 7.39. The molecule has 2 heterocycles. The fraction of sp³-hybridized carbons (Fsp3) is 0.625. The molecule has 0 radical (unpaired) electrons. The number of hydrogen-bond donors (Lipinski definition) is 0. The minimum atomic E-state index is 0.269. The van der Waals surface area contributed by atoms with E-state index in [0.717, 1.165) is 38.0 Å². The van der Waals surface area contributed by atoms with E-state index in [9.17, 15) is 4.79 Å². The van der Waals surface area contributed by atoms with Crippen LogP contribution in [0.3, 0.4) is 0 Å². The first-order valence-electron chi connectivity index (χ1n) is 7.35. The van der Waals surface area contributed by atoms with Crippen molar-refractivity contribution in [2.45, 2.75) is 58.0 Å². The zero-order valence-corrected chi connectivity index (χ0v) is 11.7. The van der Waals surface area contributed by atoms with Gasteiger partial charge in [0.2, 0.25) is 0 Å². The minimum Gasteiger partial charge on any atom is -0.378 e. The van der Waals surface area contributed by atoms with Crippen LogP contribution in [0.25, 0.3) is 0 Å². The molecular formula is C16H23NO2. The van der Waals surface area contributed by atoms with Gasteiger partial charge in [0.1, 0.15) is 5.78 Å². The highest BCUT2D eigenvalue weighted by atomic mass is 16.5. The van der Waals surface area contributed by atoms with Crippen LogP contribution in [-0.2, 0) is 22.4 Å². The summed E-state index contributed by atoms with van der Waals surface area (Å²) in [5.74, 6) is 0.269. The number of hydrogen-bond acceptors (Lipinski definition) is 3. The highest BCUT2D eigenvalue weighted by Crippen LogP contribution is 2.17. The fourth-order valence-electron chi connectivity index (χ4n) is 2.42. The first-order valence-corrected chi connectivity index (χ1v) is 7.35. The number of pyridine rings is 1. The zero-order valence-electron chi connectivity index (χ0n) is 11.7. The SMILES string of the molecule is CCc1ccc(CC(=O)CCC2CCCCO2)nc1. The molecule has 3 heteroatoms. The molecular weight excluding hydrogens is 238 g/mol. The van der Waals surface area contributed by atoms with Crippen LogP contribution in [0.5, 0.6) is 0 Å². The highest BCUT2D eigenvalue weighted by Gasteiger charge is 2.15. The summed E-state index contributed by atoms with van der Waals surface area (Å²) in [6.45, 7) is 2.96. The quantitative estimate of drug-likeness (QED) is 0.790. The molecule has 1 aromatic rings. The predicted molar refractivity (Wildman–Crippen MR) is 75.2 cm³/mol. The molecule has 3 nitrogen and oxygen atoms in total. The Hall–Kier alpha value is -1.22. The van der Waals surface area contributed by atoms with Crippen molar-refractivity contribution < 1.29 is 9.53 Å². The second-order valence-electron chi connectivity index (χ2n) is 5.25. The molecule has 1 aromatic heterocycles. The van der Waals surface area contributed by atoms with Crippen molar-refractivity contribution in [2.24, 2.45) is 0 Å². The lowest BCUT2D eigenvalue weighted by Crippen LogP contribution is -2.20. The van der Waals surface area contributed by atoms with Gasteiger partial charge in [-0.2, -0.15) is 0 Å². The molecule has 0 bridgehead atoms. The number of aromatic nitrogens is 1. The predicted octanol–water partition coefficient (Wildman–Crippen LogP) is 3.10. The van der Waals surface area contributed by atoms with E-state index < -0.39 is 0 Å². The Morgan fingerprint density at radius 1 is 1.42 bits per heavy atom. The molecule has 2 rings (SSSR count). The summed E-state index contributed by atoms with van der Waals surface area (Å²) in [5.41, 5.74) is 2.10. The van der Waals surface area contributed by atoms with Crippen LogP contribution < -0.4 is 0 Å². The lowest BCUT2D eigenvalue weighted by Gasteiger charge is -2.22.